The Hall–Kier alpha value is -1.42. The van der Waals surface area contributed by atoms with E-state index in [1.807, 2.05) is 0 Å². The third-order valence-corrected chi connectivity index (χ3v) is 3.84. The van der Waals surface area contributed by atoms with E-state index in [2.05, 4.69) is 19.2 Å². The van der Waals surface area contributed by atoms with Gasteiger partial charge in [0.05, 0.1) is 5.92 Å². The van der Waals surface area contributed by atoms with E-state index in [1.165, 1.54) is 12.1 Å². The molecule has 2 unspecified atom stereocenters. The Balaban J connectivity index is 1.81. The van der Waals surface area contributed by atoms with Crippen LogP contribution in [0.5, 0.6) is 0 Å². The summed E-state index contributed by atoms with van der Waals surface area (Å²) in [5, 5.41) is 12.2. The number of halogens is 1. The number of rotatable bonds is 6. The van der Waals surface area contributed by atoms with Gasteiger partial charge < -0.3 is 10.4 Å². The predicted octanol–water partition coefficient (Wildman–Crippen LogP) is 2.41. The molecule has 104 valence electrons. The van der Waals surface area contributed by atoms with Gasteiger partial charge in [0.15, 0.2) is 0 Å². The van der Waals surface area contributed by atoms with Gasteiger partial charge >= 0.3 is 5.97 Å². The number of carbonyl (C=O) groups is 1. The molecular formula is C15H20FNO2. The minimum atomic E-state index is -0.690. The van der Waals surface area contributed by atoms with Gasteiger partial charge in [-0.2, -0.15) is 0 Å². The lowest BCUT2D eigenvalue weighted by Gasteiger charge is -2.25. The molecule has 0 radical (unpaired) electrons. The van der Waals surface area contributed by atoms with Crippen LogP contribution in [0.3, 0.4) is 0 Å². The molecule has 0 aliphatic heterocycles. The summed E-state index contributed by atoms with van der Waals surface area (Å²) >= 11 is 0. The van der Waals surface area contributed by atoms with Crippen molar-refractivity contribution in [3.05, 3.63) is 35.6 Å². The van der Waals surface area contributed by atoms with Crippen LogP contribution in [0.2, 0.25) is 0 Å². The molecule has 2 atom stereocenters. The molecule has 1 saturated carbocycles. The third kappa shape index (κ3) is 3.53. The zero-order chi connectivity index (χ0) is 14.0. The fourth-order valence-corrected chi connectivity index (χ4v) is 2.35. The minimum absolute atomic E-state index is 0.0959. The zero-order valence-corrected chi connectivity index (χ0v) is 11.3. The van der Waals surface area contributed by atoms with E-state index in [9.17, 15) is 9.18 Å². The summed E-state index contributed by atoms with van der Waals surface area (Å²) in [7, 11) is 0. The first-order valence-corrected chi connectivity index (χ1v) is 6.60. The van der Waals surface area contributed by atoms with Gasteiger partial charge in [0.1, 0.15) is 5.82 Å². The van der Waals surface area contributed by atoms with Crippen molar-refractivity contribution in [2.75, 3.05) is 13.1 Å². The molecular weight excluding hydrogens is 245 g/mol. The maximum absolute atomic E-state index is 12.9. The second kappa shape index (κ2) is 5.29. The zero-order valence-electron chi connectivity index (χ0n) is 11.3. The van der Waals surface area contributed by atoms with Crippen molar-refractivity contribution < 1.29 is 14.3 Å². The third-order valence-electron chi connectivity index (χ3n) is 3.84. The van der Waals surface area contributed by atoms with Crippen LogP contribution in [-0.4, -0.2) is 24.2 Å². The largest absolute Gasteiger partial charge is 0.481 e. The van der Waals surface area contributed by atoms with Crippen LogP contribution >= 0.6 is 0 Å². The molecule has 0 aromatic heterocycles. The van der Waals surface area contributed by atoms with E-state index in [0.29, 0.717) is 0 Å². The Morgan fingerprint density at radius 2 is 2.05 bits per heavy atom. The summed E-state index contributed by atoms with van der Waals surface area (Å²) in [6, 6.07) is 6.54. The molecule has 1 aromatic carbocycles. The molecule has 2 rings (SSSR count). The molecule has 0 saturated heterocycles. The molecule has 0 heterocycles. The average Bonchev–Trinajstić information content (AvgIpc) is 3.09. The number of aliphatic carboxylic acids is 1. The molecule has 19 heavy (non-hydrogen) atoms. The van der Waals surface area contributed by atoms with Crippen molar-refractivity contribution in [1.29, 1.82) is 0 Å². The maximum atomic E-state index is 12.9. The summed E-state index contributed by atoms with van der Waals surface area (Å²) in [6.45, 7) is 5.67. The second-order valence-electron chi connectivity index (χ2n) is 5.96. The van der Waals surface area contributed by atoms with Crippen LogP contribution in [0.15, 0.2) is 24.3 Å². The van der Waals surface area contributed by atoms with Gasteiger partial charge in [-0.3, -0.25) is 4.79 Å². The van der Waals surface area contributed by atoms with E-state index >= 15 is 0 Å². The summed E-state index contributed by atoms with van der Waals surface area (Å²) in [5.41, 5.74) is 0.980. The van der Waals surface area contributed by atoms with Crippen LogP contribution in [-0.2, 0) is 10.2 Å². The van der Waals surface area contributed by atoms with Gasteiger partial charge in [-0.1, -0.05) is 26.0 Å². The summed E-state index contributed by atoms with van der Waals surface area (Å²) in [6.07, 6.45) is 0.777. The SMILES string of the molecule is CC(C)(CNCC1CC1C(=O)O)c1ccc(F)cc1. The van der Waals surface area contributed by atoms with Crippen molar-refractivity contribution >= 4 is 5.97 Å². The lowest BCUT2D eigenvalue weighted by molar-refractivity contribution is -0.138. The highest BCUT2D eigenvalue weighted by atomic mass is 19.1. The number of hydrogen-bond acceptors (Lipinski definition) is 2. The van der Waals surface area contributed by atoms with E-state index in [0.717, 1.165) is 25.1 Å². The first-order valence-electron chi connectivity index (χ1n) is 6.60. The van der Waals surface area contributed by atoms with Gasteiger partial charge in [-0.25, -0.2) is 4.39 Å². The smallest absolute Gasteiger partial charge is 0.306 e. The van der Waals surface area contributed by atoms with E-state index < -0.39 is 5.97 Å². The molecule has 1 aliphatic rings. The molecule has 3 nitrogen and oxygen atoms in total. The predicted molar refractivity (Wildman–Crippen MR) is 71.5 cm³/mol. The summed E-state index contributed by atoms with van der Waals surface area (Å²) < 4.78 is 12.9. The average molecular weight is 265 g/mol. The molecule has 1 fully saturated rings. The van der Waals surface area contributed by atoms with Crippen LogP contribution in [0.1, 0.15) is 25.8 Å². The molecule has 0 amide bonds. The monoisotopic (exact) mass is 265 g/mol. The normalized spacial score (nSPS) is 22.3. The van der Waals surface area contributed by atoms with Crippen LogP contribution in [0.25, 0.3) is 0 Å². The highest BCUT2D eigenvalue weighted by Crippen LogP contribution is 2.38. The van der Waals surface area contributed by atoms with Gasteiger partial charge in [0.25, 0.3) is 0 Å². The van der Waals surface area contributed by atoms with Crippen molar-refractivity contribution in [2.24, 2.45) is 11.8 Å². The topological polar surface area (TPSA) is 49.3 Å². The van der Waals surface area contributed by atoms with Crippen molar-refractivity contribution in [1.82, 2.24) is 5.32 Å². The van der Waals surface area contributed by atoms with Gasteiger partial charge in [-0.15, -0.1) is 0 Å². The van der Waals surface area contributed by atoms with Crippen LogP contribution < -0.4 is 5.32 Å². The number of hydrogen-bond donors (Lipinski definition) is 2. The molecule has 4 heteroatoms. The molecule has 0 bridgehead atoms. The fraction of sp³-hybridized carbons (Fsp3) is 0.533. The molecule has 1 aliphatic carbocycles. The maximum Gasteiger partial charge on any atom is 0.306 e. The number of carboxylic acids is 1. The number of carboxylic acid groups (broad SMARTS) is 1. The standard InChI is InChI=1S/C15H20FNO2/c1-15(2,11-3-5-12(16)6-4-11)9-17-8-10-7-13(10)14(18)19/h3-6,10,13,17H,7-9H2,1-2H3,(H,18,19). The summed E-state index contributed by atoms with van der Waals surface area (Å²) in [5.74, 6) is -0.817. The Morgan fingerprint density at radius 1 is 1.42 bits per heavy atom. The van der Waals surface area contributed by atoms with E-state index in [-0.39, 0.29) is 23.1 Å². The minimum Gasteiger partial charge on any atom is -0.481 e. The molecule has 0 spiro atoms. The Kier molecular flexibility index (Phi) is 3.90. The van der Waals surface area contributed by atoms with Gasteiger partial charge in [-0.05, 0) is 36.6 Å². The van der Waals surface area contributed by atoms with Gasteiger partial charge in [0, 0.05) is 12.0 Å². The van der Waals surface area contributed by atoms with E-state index in [4.69, 9.17) is 5.11 Å². The highest BCUT2D eigenvalue weighted by Gasteiger charge is 2.42. The van der Waals surface area contributed by atoms with Crippen molar-refractivity contribution in [3.8, 4) is 0 Å². The van der Waals surface area contributed by atoms with Crippen LogP contribution in [0, 0.1) is 17.7 Å². The molecule has 2 N–H and O–H groups in total. The quantitative estimate of drug-likeness (QED) is 0.830. The Labute approximate surface area is 112 Å². The second-order valence-corrected chi connectivity index (χ2v) is 5.96. The lowest BCUT2D eigenvalue weighted by atomic mass is 9.84. The highest BCUT2D eigenvalue weighted by molar-refractivity contribution is 5.73. The fourth-order valence-electron chi connectivity index (χ4n) is 2.35. The number of benzene rings is 1. The number of nitrogens with one attached hydrogen (secondary N) is 1. The first-order chi connectivity index (χ1) is 8.90. The Bertz CT molecular complexity index is 456. The lowest BCUT2D eigenvalue weighted by Crippen LogP contribution is -2.34. The van der Waals surface area contributed by atoms with Crippen molar-refractivity contribution in [2.45, 2.75) is 25.7 Å². The first kappa shape index (κ1) is 14.0. The van der Waals surface area contributed by atoms with Crippen molar-refractivity contribution in [3.63, 3.8) is 0 Å². The van der Waals surface area contributed by atoms with E-state index in [1.54, 1.807) is 12.1 Å². The Morgan fingerprint density at radius 3 is 2.58 bits per heavy atom. The van der Waals surface area contributed by atoms with Gasteiger partial charge in [0.2, 0.25) is 0 Å². The summed E-state index contributed by atoms with van der Waals surface area (Å²) in [4.78, 5) is 10.7. The van der Waals surface area contributed by atoms with Crippen LogP contribution in [0.4, 0.5) is 4.39 Å². The molecule has 1 aromatic rings.